The van der Waals surface area contributed by atoms with E-state index in [9.17, 15) is 0 Å². The Morgan fingerprint density at radius 3 is 1.86 bits per heavy atom. The van der Waals surface area contributed by atoms with Crippen molar-refractivity contribution in [2.45, 2.75) is 19.8 Å². The minimum atomic E-state index is 0.420. The third-order valence-corrected chi connectivity index (χ3v) is 9.10. The van der Waals surface area contributed by atoms with Gasteiger partial charge in [0.15, 0.2) is 5.69 Å². The summed E-state index contributed by atoms with van der Waals surface area (Å²) in [6.07, 6.45) is 0. The molecule has 9 aromatic rings. The summed E-state index contributed by atoms with van der Waals surface area (Å²) < 4.78 is 10.8. The number of aromatic nitrogens is 2. The highest BCUT2D eigenvalue weighted by molar-refractivity contribution is 6.13. The summed E-state index contributed by atoms with van der Waals surface area (Å²) in [6.45, 7) is 12.1. The second-order valence-corrected chi connectivity index (χ2v) is 11.9. The highest BCUT2D eigenvalue weighted by atomic mass is 16.3. The van der Waals surface area contributed by atoms with Crippen LogP contribution in [0, 0.1) is 6.57 Å². The van der Waals surface area contributed by atoms with Gasteiger partial charge in [0.25, 0.3) is 0 Å². The largest absolute Gasteiger partial charge is 0.456 e. The fourth-order valence-corrected chi connectivity index (χ4v) is 6.97. The van der Waals surface area contributed by atoms with E-state index in [2.05, 4.69) is 125 Å². The predicted octanol–water partition coefficient (Wildman–Crippen LogP) is 11.5. The van der Waals surface area contributed by atoms with E-state index in [0.29, 0.717) is 11.6 Å². The van der Waals surface area contributed by atoms with Crippen LogP contribution < -0.4 is 0 Å². The minimum Gasteiger partial charge on any atom is -0.456 e. The number of rotatable bonds is 3. The highest BCUT2D eigenvalue weighted by Gasteiger charge is 2.18. The van der Waals surface area contributed by atoms with E-state index in [0.717, 1.165) is 60.8 Å². The lowest BCUT2D eigenvalue weighted by molar-refractivity contribution is 0.669. The Morgan fingerprint density at radius 1 is 0.523 bits per heavy atom. The van der Waals surface area contributed by atoms with Crippen molar-refractivity contribution in [2.24, 2.45) is 0 Å². The van der Waals surface area contributed by atoms with Crippen LogP contribution in [0.1, 0.15) is 25.3 Å². The second-order valence-electron chi connectivity index (χ2n) is 11.9. The summed E-state index contributed by atoms with van der Waals surface area (Å²) in [5.41, 5.74) is 10.5. The SMILES string of the molecule is [C-]#[N+]c1ccc2c(c1)c1cc(C(C)C)ccc1n2-c1ccc2c(c1)c1ccccc1n2-c1ccc2oc3ccccc3c2c1. The summed E-state index contributed by atoms with van der Waals surface area (Å²) in [5.74, 6) is 0.420. The van der Waals surface area contributed by atoms with Gasteiger partial charge in [0.1, 0.15) is 11.2 Å². The smallest absolute Gasteiger partial charge is 0.188 e. The molecule has 0 saturated heterocycles. The topological polar surface area (TPSA) is 27.4 Å². The molecule has 44 heavy (non-hydrogen) atoms. The normalized spacial score (nSPS) is 12.0. The standard InChI is InChI=1S/C40H27N3O/c1-24(2)25-12-16-36-31(20-25)32-21-26(41-3)13-17-37(32)43(36)27-14-18-38-33(22-27)29-8-4-6-10-35(29)42(38)28-15-19-40-34(23-28)30-9-5-7-11-39(30)44-40/h4-24H,1-2H3. The third-order valence-electron chi connectivity index (χ3n) is 9.10. The second kappa shape index (κ2) is 9.10. The number of para-hydroxylation sites is 2. The average Bonchev–Trinajstić information content (AvgIpc) is 3.71. The van der Waals surface area contributed by atoms with Crippen LogP contribution in [0.2, 0.25) is 0 Å². The first-order valence-corrected chi connectivity index (χ1v) is 15.0. The van der Waals surface area contributed by atoms with Crippen LogP contribution in [0.25, 0.3) is 81.8 Å². The number of nitrogens with zero attached hydrogens (tertiary/aromatic N) is 3. The number of hydrogen-bond donors (Lipinski definition) is 0. The summed E-state index contributed by atoms with van der Waals surface area (Å²) >= 11 is 0. The van der Waals surface area contributed by atoms with Crippen molar-refractivity contribution in [3.63, 3.8) is 0 Å². The minimum absolute atomic E-state index is 0.420. The summed E-state index contributed by atoms with van der Waals surface area (Å²) in [7, 11) is 0. The van der Waals surface area contributed by atoms with Gasteiger partial charge in [-0.1, -0.05) is 62.4 Å². The molecule has 0 spiro atoms. The van der Waals surface area contributed by atoms with Gasteiger partial charge in [-0.25, -0.2) is 4.85 Å². The van der Waals surface area contributed by atoms with Crippen molar-refractivity contribution in [2.75, 3.05) is 0 Å². The lowest BCUT2D eigenvalue weighted by Crippen LogP contribution is -1.96. The Hall–Kier alpha value is -5.79. The lowest BCUT2D eigenvalue weighted by atomic mass is 10.0. The van der Waals surface area contributed by atoms with Crippen LogP contribution in [0.3, 0.4) is 0 Å². The monoisotopic (exact) mass is 565 g/mol. The van der Waals surface area contributed by atoms with Crippen molar-refractivity contribution < 1.29 is 4.42 Å². The van der Waals surface area contributed by atoms with E-state index >= 15 is 0 Å². The molecule has 208 valence electrons. The summed E-state index contributed by atoms with van der Waals surface area (Å²) in [5, 5.41) is 6.94. The molecule has 0 N–H and O–H groups in total. The molecule has 4 nitrogen and oxygen atoms in total. The van der Waals surface area contributed by atoms with E-state index < -0.39 is 0 Å². The molecule has 0 saturated carbocycles. The molecule has 0 atom stereocenters. The molecular weight excluding hydrogens is 538 g/mol. The zero-order valence-electron chi connectivity index (χ0n) is 24.4. The number of benzene rings is 6. The van der Waals surface area contributed by atoms with Crippen LogP contribution in [0.4, 0.5) is 5.69 Å². The molecule has 0 radical (unpaired) electrons. The van der Waals surface area contributed by atoms with Gasteiger partial charge in [-0.3, -0.25) is 0 Å². The fraction of sp³-hybridized carbons (Fsp3) is 0.0750. The number of fused-ring (bicyclic) bond motifs is 9. The highest BCUT2D eigenvalue weighted by Crippen LogP contribution is 2.39. The maximum atomic E-state index is 7.63. The Morgan fingerprint density at radius 2 is 1.09 bits per heavy atom. The Bertz CT molecular complexity index is 2660. The fourth-order valence-electron chi connectivity index (χ4n) is 6.97. The summed E-state index contributed by atoms with van der Waals surface area (Å²) in [4.78, 5) is 3.74. The van der Waals surface area contributed by atoms with Crippen LogP contribution in [0.5, 0.6) is 0 Å². The Kier molecular flexibility index (Phi) is 5.13. The lowest BCUT2D eigenvalue weighted by Gasteiger charge is -2.11. The van der Waals surface area contributed by atoms with Crippen molar-refractivity contribution in [1.29, 1.82) is 0 Å². The molecule has 3 aromatic heterocycles. The molecule has 3 heterocycles. The van der Waals surface area contributed by atoms with Gasteiger partial charge in [0, 0.05) is 38.3 Å². The molecule has 0 fully saturated rings. The Balaban J connectivity index is 1.32. The molecule has 0 bridgehead atoms. The first-order chi connectivity index (χ1) is 21.6. The quantitative estimate of drug-likeness (QED) is 0.196. The van der Waals surface area contributed by atoms with Gasteiger partial charge in [0.2, 0.25) is 0 Å². The molecule has 0 aliphatic rings. The molecule has 0 aliphatic carbocycles. The first-order valence-electron chi connectivity index (χ1n) is 15.0. The van der Waals surface area contributed by atoms with Gasteiger partial charge in [-0.05, 0) is 89.7 Å². The van der Waals surface area contributed by atoms with E-state index in [1.165, 1.54) is 21.7 Å². The van der Waals surface area contributed by atoms with Gasteiger partial charge < -0.3 is 13.6 Å². The van der Waals surface area contributed by atoms with Crippen LogP contribution in [-0.4, -0.2) is 9.13 Å². The van der Waals surface area contributed by atoms with Crippen LogP contribution in [0.15, 0.2) is 126 Å². The summed E-state index contributed by atoms with van der Waals surface area (Å²) in [6, 6.07) is 43.0. The maximum absolute atomic E-state index is 7.63. The average molecular weight is 566 g/mol. The van der Waals surface area contributed by atoms with Crippen molar-refractivity contribution in [1.82, 2.24) is 9.13 Å². The molecule has 0 aliphatic heterocycles. The molecular formula is C40H27N3O. The van der Waals surface area contributed by atoms with Crippen molar-refractivity contribution in [3.8, 4) is 11.4 Å². The van der Waals surface area contributed by atoms with Crippen molar-refractivity contribution >= 4 is 71.2 Å². The van der Waals surface area contributed by atoms with E-state index in [4.69, 9.17) is 11.0 Å². The third kappa shape index (κ3) is 3.44. The Labute approximate surface area is 253 Å². The van der Waals surface area contributed by atoms with E-state index in [-0.39, 0.29) is 0 Å². The van der Waals surface area contributed by atoms with Crippen LogP contribution >= 0.6 is 0 Å². The predicted molar refractivity (Wildman–Crippen MR) is 183 cm³/mol. The zero-order chi connectivity index (χ0) is 29.5. The number of furan rings is 1. The van der Waals surface area contributed by atoms with E-state index in [1.807, 2.05) is 24.3 Å². The molecule has 6 aromatic carbocycles. The number of hydrogen-bond acceptors (Lipinski definition) is 1. The van der Waals surface area contributed by atoms with Crippen molar-refractivity contribution in [3.05, 3.63) is 138 Å². The molecule has 4 heteroatoms. The maximum Gasteiger partial charge on any atom is 0.188 e. The van der Waals surface area contributed by atoms with Gasteiger partial charge in [-0.2, -0.15) is 0 Å². The molecule has 0 unspecified atom stereocenters. The van der Waals surface area contributed by atoms with E-state index in [1.54, 1.807) is 0 Å². The van der Waals surface area contributed by atoms with Gasteiger partial charge in [-0.15, -0.1) is 0 Å². The molecule has 9 rings (SSSR count). The van der Waals surface area contributed by atoms with Gasteiger partial charge in [0.05, 0.1) is 28.6 Å². The zero-order valence-corrected chi connectivity index (χ0v) is 24.4. The molecule has 0 amide bonds. The van der Waals surface area contributed by atoms with Crippen LogP contribution in [-0.2, 0) is 0 Å². The van der Waals surface area contributed by atoms with Gasteiger partial charge >= 0.3 is 0 Å². The first kappa shape index (κ1) is 24.8.